The fourth-order valence-electron chi connectivity index (χ4n) is 1.28. The Labute approximate surface area is 99.0 Å². The van der Waals surface area contributed by atoms with Crippen LogP contribution in [0.5, 0.6) is 5.88 Å². The molecule has 1 aromatic heterocycles. The molecule has 16 heavy (non-hydrogen) atoms. The number of rotatable bonds is 5. The van der Waals surface area contributed by atoms with E-state index in [1.807, 2.05) is 19.2 Å². The van der Waals surface area contributed by atoms with Crippen molar-refractivity contribution in [3.63, 3.8) is 0 Å². The summed E-state index contributed by atoms with van der Waals surface area (Å²) in [5, 5.41) is 3.87. The van der Waals surface area contributed by atoms with Crippen LogP contribution in [0.4, 0.5) is 5.82 Å². The zero-order chi connectivity index (χ0) is 11.4. The van der Waals surface area contributed by atoms with E-state index >= 15 is 0 Å². The summed E-state index contributed by atoms with van der Waals surface area (Å²) in [5.41, 5.74) is 0. The molecule has 0 atom stereocenters. The summed E-state index contributed by atoms with van der Waals surface area (Å²) in [6, 6.07) is 1.82. The van der Waals surface area contributed by atoms with Crippen LogP contribution in [0.1, 0.15) is 6.92 Å². The molecule has 1 N–H and O–H groups in total. The minimum Gasteiger partial charge on any atom is -0.469 e. The number of ether oxygens (including phenoxy) is 2. The summed E-state index contributed by atoms with van der Waals surface area (Å²) in [4.78, 5) is 8.61. The number of hydrogen-bond donors (Lipinski definition) is 1. The van der Waals surface area contributed by atoms with Crippen molar-refractivity contribution < 1.29 is 9.47 Å². The number of nitrogens with zero attached hydrogens (tertiary/aromatic N) is 2. The molecule has 0 bridgehead atoms. The molecule has 0 aromatic carbocycles. The van der Waals surface area contributed by atoms with Gasteiger partial charge in [0.1, 0.15) is 11.9 Å². The Bertz CT molecular complexity index is 358. The van der Waals surface area contributed by atoms with Crippen molar-refractivity contribution in [1.29, 1.82) is 0 Å². The Morgan fingerprint density at radius 3 is 2.94 bits per heavy atom. The summed E-state index contributed by atoms with van der Waals surface area (Å²) >= 11 is 1.50. The van der Waals surface area contributed by atoms with Gasteiger partial charge in [-0.3, -0.25) is 0 Å². The molecule has 1 saturated heterocycles. The molecule has 0 saturated carbocycles. The molecule has 1 fully saturated rings. The molecule has 6 heteroatoms. The first-order valence-corrected chi connectivity index (χ1v) is 6.45. The average Bonchev–Trinajstić information content (AvgIpc) is 2.24. The van der Waals surface area contributed by atoms with E-state index in [0.717, 1.165) is 12.4 Å². The quantitative estimate of drug-likeness (QED) is 0.621. The SMILES string of the molecule is CCNc1cc(OC2COC2)nc(SC)n1. The van der Waals surface area contributed by atoms with Crippen LogP contribution in [0.3, 0.4) is 0 Å². The molecule has 2 rings (SSSR count). The maximum Gasteiger partial charge on any atom is 0.219 e. The van der Waals surface area contributed by atoms with Gasteiger partial charge in [0.25, 0.3) is 0 Å². The number of anilines is 1. The maximum atomic E-state index is 5.65. The van der Waals surface area contributed by atoms with Crippen LogP contribution in [0, 0.1) is 0 Å². The maximum absolute atomic E-state index is 5.65. The molecule has 1 aromatic rings. The van der Waals surface area contributed by atoms with Crippen molar-refractivity contribution in [1.82, 2.24) is 9.97 Å². The van der Waals surface area contributed by atoms with Gasteiger partial charge in [-0.15, -0.1) is 0 Å². The van der Waals surface area contributed by atoms with Gasteiger partial charge in [0.2, 0.25) is 5.88 Å². The van der Waals surface area contributed by atoms with Gasteiger partial charge in [-0.25, -0.2) is 4.98 Å². The Morgan fingerprint density at radius 2 is 2.38 bits per heavy atom. The third kappa shape index (κ3) is 2.76. The van der Waals surface area contributed by atoms with Crippen LogP contribution in [0.2, 0.25) is 0 Å². The molecule has 0 spiro atoms. The van der Waals surface area contributed by atoms with E-state index in [1.165, 1.54) is 11.8 Å². The van der Waals surface area contributed by atoms with Gasteiger partial charge < -0.3 is 14.8 Å². The van der Waals surface area contributed by atoms with E-state index in [4.69, 9.17) is 9.47 Å². The summed E-state index contributed by atoms with van der Waals surface area (Å²) in [7, 11) is 0. The third-order valence-electron chi connectivity index (χ3n) is 2.12. The van der Waals surface area contributed by atoms with Crippen LogP contribution in [0.25, 0.3) is 0 Å². The zero-order valence-corrected chi connectivity index (χ0v) is 10.2. The minimum absolute atomic E-state index is 0.138. The van der Waals surface area contributed by atoms with Crippen LogP contribution in [0.15, 0.2) is 11.2 Å². The molecule has 88 valence electrons. The molecule has 1 aliphatic rings. The lowest BCUT2D eigenvalue weighted by atomic mass is 10.3. The van der Waals surface area contributed by atoms with Crippen LogP contribution < -0.4 is 10.1 Å². The van der Waals surface area contributed by atoms with Crippen molar-refractivity contribution in [2.24, 2.45) is 0 Å². The number of nitrogens with one attached hydrogen (secondary N) is 1. The lowest BCUT2D eigenvalue weighted by Gasteiger charge is -2.26. The van der Waals surface area contributed by atoms with E-state index in [0.29, 0.717) is 24.3 Å². The molecule has 5 nitrogen and oxygen atoms in total. The lowest BCUT2D eigenvalue weighted by molar-refractivity contribution is -0.0815. The average molecular weight is 241 g/mol. The largest absolute Gasteiger partial charge is 0.469 e. The predicted molar refractivity (Wildman–Crippen MR) is 63.2 cm³/mol. The summed E-state index contributed by atoms with van der Waals surface area (Å²) in [5.74, 6) is 1.42. The Hall–Kier alpha value is -1.01. The monoisotopic (exact) mass is 241 g/mol. The Morgan fingerprint density at radius 1 is 1.56 bits per heavy atom. The van der Waals surface area contributed by atoms with Gasteiger partial charge in [-0.05, 0) is 13.2 Å². The highest BCUT2D eigenvalue weighted by Gasteiger charge is 2.21. The standard InChI is InChI=1S/C10H15N3O2S/c1-3-11-8-4-9(13-10(12-8)16-2)15-7-5-14-6-7/h4,7H,3,5-6H2,1-2H3,(H,11,12,13). The van der Waals surface area contributed by atoms with Crippen LogP contribution in [-0.4, -0.2) is 42.1 Å². The molecular weight excluding hydrogens is 226 g/mol. The van der Waals surface area contributed by atoms with Gasteiger partial charge in [0, 0.05) is 12.6 Å². The van der Waals surface area contributed by atoms with Crippen molar-refractivity contribution in [3.05, 3.63) is 6.07 Å². The van der Waals surface area contributed by atoms with Gasteiger partial charge in [0.05, 0.1) is 13.2 Å². The van der Waals surface area contributed by atoms with Gasteiger partial charge in [-0.1, -0.05) is 11.8 Å². The summed E-state index contributed by atoms with van der Waals surface area (Å²) in [6.45, 7) is 4.16. The van der Waals surface area contributed by atoms with Gasteiger partial charge in [-0.2, -0.15) is 4.98 Å². The van der Waals surface area contributed by atoms with Crippen LogP contribution >= 0.6 is 11.8 Å². The van der Waals surface area contributed by atoms with Crippen molar-refractivity contribution in [3.8, 4) is 5.88 Å². The minimum atomic E-state index is 0.138. The smallest absolute Gasteiger partial charge is 0.219 e. The first-order valence-electron chi connectivity index (χ1n) is 5.23. The highest BCUT2D eigenvalue weighted by molar-refractivity contribution is 7.98. The first-order chi connectivity index (χ1) is 7.81. The normalized spacial score (nSPS) is 15.6. The molecule has 1 aliphatic heterocycles. The van der Waals surface area contributed by atoms with Crippen molar-refractivity contribution >= 4 is 17.6 Å². The number of hydrogen-bond acceptors (Lipinski definition) is 6. The molecule has 0 aliphatic carbocycles. The van der Waals surface area contributed by atoms with Crippen molar-refractivity contribution in [2.45, 2.75) is 18.2 Å². The van der Waals surface area contributed by atoms with Gasteiger partial charge >= 0.3 is 0 Å². The third-order valence-corrected chi connectivity index (χ3v) is 2.67. The second-order valence-corrected chi connectivity index (χ2v) is 4.16. The number of aromatic nitrogens is 2. The lowest BCUT2D eigenvalue weighted by Crippen LogP contribution is -2.38. The second-order valence-electron chi connectivity index (χ2n) is 3.39. The highest BCUT2D eigenvalue weighted by atomic mass is 32.2. The second kappa shape index (κ2) is 5.36. The molecule has 0 radical (unpaired) electrons. The molecule has 0 amide bonds. The van der Waals surface area contributed by atoms with E-state index in [9.17, 15) is 0 Å². The Kier molecular flexibility index (Phi) is 3.84. The molecular formula is C10H15N3O2S. The fourth-order valence-corrected chi connectivity index (χ4v) is 1.65. The van der Waals surface area contributed by atoms with E-state index in [-0.39, 0.29) is 6.10 Å². The van der Waals surface area contributed by atoms with E-state index in [2.05, 4.69) is 15.3 Å². The zero-order valence-electron chi connectivity index (χ0n) is 9.40. The van der Waals surface area contributed by atoms with E-state index < -0.39 is 0 Å². The topological polar surface area (TPSA) is 56.3 Å². The van der Waals surface area contributed by atoms with Crippen LogP contribution in [-0.2, 0) is 4.74 Å². The predicted octanol–water partition coefficient (Wildman–Crippen LogP) is 1.41. The van der Waals surface area contributed by atoms with E-state index in [1.54, 1.807) is 0 Å². The summed E-state index contributed by atoms with van der Waals surface area (Å²) < 4.78 is 10.7. The van der Waals surface area contributed by atoms with Crippen molar-refractivity contribution in [2.75, 3.05) is 31.3 Å². The highest BCUT2D eigenvalue weighted by Crippen LogP contribution is 2.21. The number of thioether (sulfide) groups is 1. The van der Waals surface area contributed by atoms with Gasteiger partial charge in [0.15, 0.2) is 5.16 Å². The first kappa shape index (κ1) is 11.5. The molecule has 0 unspecified atom stereocenters. The summed E-state index contributed by atoms with van der Waals surface area (Å²) in [6.07, 6.45) is 2.08. The Balaban J connectivity index is 2.11. The fraction of sp³-hybridized carbons (Fsp3) is 0.600. The molecule has 2 heterocycles.